The number of nitrogens with one attached hydrogen (secondary N) is 1. The third kappa shape index (κ3) is 4.73. The third-order valence-electron chi connectivity index (χ3n) is 4.98. The number of carbonyl (C=O) groups excluding carboxylic acids is 1. The quantitative estimate of drug-likeness (QED) is 0.312. The molecule has 30 heavy (non-hydrogen) atoms. The maximum absolute atomic E-state index is 13.5. The van der Waals surface area contributed by atoms with Crippen LogP contribution in [0.3, 0.4) is 0 Å². The summed E-state index contributed by atoms with van der Waals surface area (Å²) in [5.41, 5.74) is 4.60. The molecule has 0 fully saturated rings. The molecule has 0 saturated heterocycles. The Hall–Kier alpha value is -3.91. The Balaban J connectivity index is 1.72. The fourth-order valence-corrected chi connectivity index (χ4v) is 3.47. The maximum Gasteiger partial charge on any atom is 0.252 e. The van der Waals surface area contributed by atoms with Gasteiger partial charge in [0.25, 0.3) is 5.91 Å². The highest BCUT2D eigenvalue weighted by Gasteiger charge is 2.20. The van der Waals surface area contributed by atoms with Crippen LogP contribution in [-0.4, -0.2) is 5.91 Å². The van der Waals surface area contributed by atoms with Crippen LogP contribution in [0.15, 0.2) is 121 Å². The van der Waals surface area contributed by atoms with Crippen molar-refractivity contribution in [2.75, 3.05) is 0 Å². The smallest absolute Gasteiger partial charge is 0.252 e. The Morgan fingerprint density at radius 3 is 1.53 bits per heavy atom. The number of carbonyl (C=O) groups is 1. The van der Waals surface area contributed by atoms with E-state index in [-0.39, 0.29) is 11.9 Å². The summed E-state index contributed by atoms with van der Waals surface area (Å²) in [5, 5.41) is 3.26. The van der Waals surface area contributed by atoms with Crippen LogP contribution in [0.1, 0.15) is 28.3 Å². The molecule has 1 amide bonds. The molecule has 2 nitrogen and oxygen atoms in total. The first-order valence-corrected chi connectivity index (χ1v) is 10.0. The summed E-state index contributed by atoms with van der Waals surface area (Å²) < 4.78 is 0. The van der Waals surface area contributed by atoms with Crippen molar-refractivity contribution >= 4 is 17.6 Å². The molecule has 0 radical (unpaired) electrons. The second kappa shape index (κ2) is 9.53. The molecule has 0 saturated carbocycles. The Labute approximate surface area is 177 Å². The van der Waals surface area contributed by atoms with Crippen LogP contribution in [0, 0.1) is 0 Å². The molecule has 2 heteroatoms. The van der Waals surface area contributed by atoms with Gasteiger partial charge in [0.1, 0.15) is 0 Å². The molecule has 0 unspecified atom stereocenters. The van der Waals surface area contributed by atoms with E-state index in [1.54, 1.807) is 0 Å². The molecule has 0 aliphatic carbocycles. The van der Waals surface area contributed by atoms with Crippen LogP contribution >= 0.6 is 0 Å². The van der Waals surface area contributed by atoms with Crippen molar-refractivity contribution in [1.82, 2.24) is 5.32 Å². The van der Waals surface area contributed by atoms with Crippen LogP contribution in [0.5, 0.6) is 0 Å². The van der Waals surface area contributed by atoms with Crippen molar-refractivity contribution in [3.63, 3.8) is 0 Å². The Bertz CT molecular complexity index is 1060. The predicted molar refractivity (Wildman–Crippen MR) is 124 cm³/mol. The first-order chi connectivity index (χ1) is 14.8. The van der Waals surface area contributed by atoms with Gasteiger partial charge in [-0.3, -0.25) is 4.79 Å². The zero-order chi connectivity index (χ0) is 20.6. The highest BCUT2D eigenvalue weighted by Crippen LogP contribution is 2.25. The van der Waals surface area contributed by atoms with Crippen molar-refractivity contribution in [3.05, 3.63) is 144 Å². The van der Waals surface area contributed by atoms with Crippen molar-refractivity contribution in [2.24, 2.45) is 0 Å². The first kappa shape index (κ1) is 19.4. The minimum Gasteiger partial charge on any atom is -0.341 e. The van der Waals surface area contributed by atoms with Gasteiger partial charge in [-0.1, -0.05) is 121 Å². The molecule has 0 atom stereocenters. The second-order valence-electron chi connectivity index (χ2n) is 7.06. The van der Waals surface area contributed by atoms with Gasteiger partial charge in [-0.15, -0.1) is 0 Å². The van der Waals surface area contributed by atoms with E-state index >= 15 is 0 Å². The maximum atomic E-state index is 13.5. The molecular weight excluding hydrogens is 366 g/mol. The molecular formula is C28H23NO. The lowest BCUT2D eigenvalue weighted by atomic mass is 9.96. The Morgan fingerprint density at radius 1 is 0.600 bits per heavy atom. The standard InChI is InChI=1S/C28H23NO/c30-28(26(23-15-7-2-8-16-23)21-22-13-5-1-6-14-22)29-27(24-17-9-3-10-18-24)25-19-11-4-12-20-25/h1-21,27H,(H,29,30)/b26-21+. The van der Waals surface area contributed by atoms with E-state index in [1.807, 2.05) is 127 Å². The molecule has 0 aromatic heterocycles. The normalized spacial score (nSPS) is 11.3. The topological polar surface area (TPSA) is 29.1 Å². The van der Waals surface area contributed by atoms with Gasteiger partial charge in [-0.2, -0.15) is 0 Å². The van der Waals surface area contributed by atoms with Crippen LogP contribution in [0.4, 0.5) is 0 Å². The third-order valence-corrected chi connectivity index (χ3v) is 4.98. The molecule has 146 valence electrons. The summed E-state index contributed by atoms with van der Waals surface area (Å²) in [6.07, 6.45) is 1.94. The van der Waals surface area contributed by atoms with Gasteiger partial charge < -0.3 is 5.32 Å². The fraction of sp³-hybridized carbons (Fsp3) is 0.0357. The number of benzene rings is 4. The Morgan fingerprint density at radius 2 is 1.03 bits per heavy atom. The molecule has 0 bridgehead atoms. The average Bonchev–Trinajstić information content (AvgIpc) is 2.83. The van der Waals surface area contributed by atoms with E-state index in [2.05, 4.69) is 5.32 Å². The van der Waals surface area contributed by atoms with Crippen molar-refractivity contribution in [1.29, 1.82) is 0 Å². The summed E-state index contributed by atoms with van der Waals surface area (Å²) in [6.45, 7) is 0. The van der Waals surface area contributed by atoms with Crippen molar-refractivity contribution in [3.8, 4) is 0 Å². The van der Waals surface area contributed by atoms with E-state index in [9.17, 15) is 4.79 Å². The number of rotatable bonds is 6. The number of hydrogen-bond donors (Lipinski definition) is 1. The van der Waals surface area contributed by atoms with Gasteiger partial charge in [0.05, 0.1) is 6.04 Å². The van der Waals surface area contributed by atoms with E-state index in [1.165, 1.54) is 0 Å². The summed E-state index contributed by atoms with van der Waals surface area (Å²) in [4.78, 5) is 13.5. The molecule has 0 heterocycles. The number of hydrogen-bond acceptors (Lipinski definition) is 1. The van der Waals surface area contributed by atoms with Crippen LogP contribution in [0.2, 0.25) is 0 Å². The minimum absolute atomic E-state index is 0.109. The van der Waals surface area contributed by atoms with Crippen molar-refractivity contribution in [2.45, 2.75) is 6.04 Å². The van der Waals surface area contributed by atoms with E-state index in [4.69, 9.17) is 0 Å². The van der Waals surface area contributed by atoms with Crippen LogP contribution in [0.25, 0.3) is 11.6 Å². The van der Waals surface area contributed by atoms with Gasteiger partial charge >= 0.3 is 0 Å². The lowest BCUT2D eigenvalue weighted by Crippen LogP contribution is -2.30. The van der Waals surface area contributed by atoms with Crippen LogP contribution < -0.4 is 5.32 Å². The van der Waals surface area contributed by atoms with Crippen molar-refractivity contribution < 1.29 is 4.79 Å². The Kier molecular flexibility index (Phi) is 6.16. The summed E-state index contributed by atoms with van der Waals surface area (Å²) in [6, 6.07) is 39.6. The van der Waals surface area contributed by atoms with Gasteiger partial charge in [-0.25, -0.2) is 0 Å². The highest BCUT2D eigenvalue weighted by atomic mass is 16.1. The lowest BCUT2D eigenvalue weighted by Gasteiger charge is -2.21. The van der Waals surface area contributed by atoms with Gasteiger partial charge in [0.15, 0.2) is 0 Å². The monoisotopic (exact) mass is 389 g/mol. The van der Waals surface area contributed by atoms with E-state index in [0.717, 1.165) is 22.3 Å². The summed E-state index contributed by atoms with van der Waals surface area (Å²) in [7, 11) is 0. The molecule has 0 aliphatic heterocycles. The van der Waals surface area contributed by atoms with Crippen LogP contribution in [-0.2, 0) is 4.79 Å². The molecule has 1 N–H and O–H groups in total. The molecule has 0 spiro atoms. The summed E-state index contributed by atoms with van der Waals surface area (Å²) in [5.74, 6) is -0.109. The SMILES string of the molecule is O=C(NC(c1ccccc1)c1ccccc1)/C(=C/c1ccccc1)c1ccccc1. The lowest BCUT2D eigenvalue weighted by molar-refractivity contribution is -0.116. The van der Waals surface area contributed by atoms with Gasteiger partial charge in [-0.05, 0) is 28.3 Å². The van der Waals surface area contributed by atoms with E-state index < -0.39 is 0 Å². The summed E-state index contributed by atoms with van der Waals surface area (Å²) >= 11 is 0. The zero-order valence-electron chi connectivity index (χ0n) is 16.6. The average molecular weight is 389 g/mol. The number of amides is 1. The van der Waals surface area contributed by atoms with E-state index in [0.29, 0.717) is 5.57 Å². The molecule has 0 aliphatic rings. The fourth-order valence-electron chi connectivity index (χ4n) is 3.47. The second-order valence-corrected chi connectivity index (χ2v) is 7.06. The first-order valence-electron chi connectivity index (χ1n) is 10.0. The molecule has 4 rings (SSSR count). The zero-order valence-corrected chi connectivity index (χ0v) is 16.6. The highest BCUT2D eigenvalue weighted by molar-refractivity contribution is 6.24. The molecule has 4 aromatic rings. The predicted octanol–water partition coefficient (Wildman–Crippen LogP) is 6.13. The van der Waals surface area contributed by atoms with Gasteiger partial charge in [0.2, 0.25) is 0 Å². The minimum atomic E-state index is -0.234. The molecule has 4 aromatic carbocycles. The van der Waals surface area contributed by atoms with Gasteiger partial charge in [0, 0.05) is 5.57 Å². The largest absolute Gasteiger partial charge is 0.341 e.